The van der Waals surface area contributed by atoms with Crippen molar-refractivity contribution in [1.29, 1.82) is 0 Å². The summed E-state index contributed by atoms with van der Waals surface area (Å²) < 4.78 is 40.0. The second-order valence-electron chi connectivity index (χ2n) is 7.62. The first kappa shape index (κ1) is 23.5. The first-order valence-corrected chi connectivity index (χ1v) is 12.3. The number of amides is 1. The minimum atomic E-state index is -3.80. The van der Waals surface area contributed by atoms with Crippen LogP contribution < -0.4 is 4.31 Å². The monoisotopic (exact) mass is 454 g/mol. The zero-order chi connectivity index (χ0) is 23.1. The van der Waals surface area contributed by atoms with Crippen LogP contribution in [0.4, 0.5) is 10.1 Å². The van der Waals surface area contributed by atoms with Crippen molar-refractivity contribution >= 4 is 21.6 Å². The molecule has 3 aromatic rings. The predicted octanol–water partition coefficient (Wildman–Crippen LogP) is 4.60. The summed E-state index contributed by atoms with van der Waals surface area (Å²) in [6.07, 6.45) is 1.33. The van der Waals surface area contributed by atoms with Crippen LogP contribution in [0, 0.1) is 5.82 Å². The van der Waals surface area contributed by atoms with Crippen molar-refractivity contribution < 1.29 is 17.6 Å². The van der Waals surface area contributed by atoms with Gasteiger partial charge in [-0.1, -0.05) is 67.6 Å². The maximum atomic E-state index is 13.8. The smallest absolute Gasteiger partial charge is 0.247 e. The molecule has 0 aromatic heterocycles. The van der Waals surface area contributed by atoms with Gasteiger partial charge in [-0.3, -0.25) is 9.10 Å². The number of anilines is 1. The van der Waals surface area contributed by atoms with Crippen molar-refractivity contribution in [1.82, 2.24) is 4.90 Å². The molecule has 168 valence electrons. The molecule has 0 radical (unpaired) electrons. The second-order valence-corrected chi connectivity index (χ2v) is 9.48. The van der Waals surface area contributed by atoms with E-state index in [1.54, 1.807) is 11.8 Å². The summed E-state index contributed by atoms with van der Waals surface area (Å²) in [6.45, 7) is 2.45. The summed E-state index contributed by atoms with van der Waals surface area (Å²) in [5.41, 5.74) is 2.15. The molecule has 5 nitrogen and oxygen atoms in total. The van der Waals surface area contributed by atoms with E-state index in [1.165, 1.54) is 24.3 Å². The van der Waals surface area contributed by atoms with Crippen molar-refractivity contribution in [2.75, 3.05) is 10.6 Å². The van der Waals surface area contributed by atoms with E-state index in [-0.39, 0.29) is 18.0 Å². The van der Waals surface area contributed by atoms with E-state index < -0.39 is 21.9 Å². The fourth-order valence-electron chi connectivity index (χ4n) is 3.66. The average molecular weight is 455 g/mol. The Morgan fingerprint density at radius 3 is 1.72 bits per heavy atom. The Balaban J connectivity index is 1.99. The Bertz CT molecular complexity index is 1080. The lowest BCUT2D eigenvalue weighted by Crippen LogP contribution is -2.50. The first-order chi connectivity index (χ1) is 15.3. The zero-order valence-electron chi connectivity index (χ0n) is 18.2. The number of sulfonamides is 1. The average Bonchev–Trinajstić information content (AvgIpc) is 2.78. The number of benzene rings is 3. The molecule has 0 bridgehead atoms. The van der Waals surface area contributed by atoms with Gasteiger partial charge in [0.25, 0.3) is 0 Å². The lowest BCUT2D eigenvalue weighted by atomic mass is 10.1. The second kappa shape index (κ2) is 10.4. The summed E-state index contributed by atoms with van der Waals surface area (Å²) in [5, 5.41) is 0. The van der Waals surface area contributed by atoms with Gasteiger partial charge in [0.05, 0.1) is 11.9 Å². The van der Waals surface area contributed by atoms with Crippen molar-refractivity contribution in [3.8, 4) is 0 Å². The van der Waals surface area contributed by atoms with Crippen LogP contribution in [0.3, 0.4) is 0 Å². The lowest BCUT2D eigenvalue weighted by molar-refractivity contribution is -0.133. The highest BCUT2D eigenvalue weighted by molar-refractivity contribution is 7.92. The Kier molecular flexibility index (Phi) is 7.64. The first-order valence-electron chi connectivity index (χ1n) is 10.4. The van der Waals surface area contributed by atoms with Gasteiger partial charge in [0.1, 0.15) is 11.9 Å². The zero-order valence-corrected chi connectivity index (χ0v) is 19.0. The molecule has 0 fully saturated rings. The summed E-state index contributed by atoms with van der Waals surface area (Å²) in [5.74, 6) is -0.786. The van der Waals surface area contributed by atoms with Crippen LogP contribution in [0.2, 0.25) is 0 Å². The number of rotatable bonds is 9. The molecular weight excluding hydrogens is 427 g/mol. The fourth-order valence-corrected chi connectivity index (χ4v) is 4.87. The molecule has 0 saturated heterocycles. The van der Waals surface area contributed by atoms with Gasteiger partial charge < -0.3 is 4.90 Å². The van der Waals surface area contributed by atoms with E-state index in [4.69, 9.17) is 0 Å². The van der Waals surface area contributed by atoms with E-state index in [1.807, 2.05) is 60.7 Å². The van der Waals surface area contributed by atoms with Crippen LogP contribution in [0.25, 0.3) is 0 Å². The van der Waals surface area contributed by atoms with Crippen LogP contribution >= 0.6 is 0 Å². The third-order valence-electron chi connectivity index (χ3n) is 5.14. The normalized spacial score (nSPS) is 12.2. The molecule has 1 atom stereocenters. The van der Waals surface area contributed by atoms with Crippen LogP contribution in [-0.4, -0.2) is 31.5 Å². The van der Waals surface area contributed by atoms with Gasteiger partial charge in [0, 0.05) is 13.1 Å². The number of hydrogen-bond acceptors (Lipinski definition) is 3. The molecule has 0 spiro atoms. The molecule has 0 saturated carbocycles. The highest BCUT2D eigenvalue weighted by atomic mass is 32.2. The van der Waals surface area contributed by atoms with E-state index in [9.17, 15) is 17.6 Å². The summed E-state index contributed by atoms with van der Waals surface area (Å²) >= 11 is 0. The summed E-state index contributed by atoms with van der Waals surface area (Å²) in [4.78, 5) is 15.4. The standard InChI is InChI=1S/C25H27FN2O3S/c1-3-24(28(32(2,30)31)23-16-14-22(26)15-17-23)25(29)27(18-20-10-6-4-7-11-20)19-21-12-8-5-9-13-21/h4-17,24H,3,18-19H2,1-2H3/t24-/m0/s1. The summed E-state index contributed by atoms with van der Waals surface area (Å²) in [7, 11) is -3.80. The van der Waals surface area contributed by atoms with Crippen molar-refractivity contribution in [3.05, 3.63) is 102 Å². The molecule has 7 heteroatoms. The molecule has 0 aliphatic carbocycles. The molecule has 0 N–H and O–H groups in total. The van der Waals surface area contributed by atoms with Crippen LogP contribution in [0.15, 0.2) is 84.9 Å². The molecule has 0 unspecified atom stereocenters. The fraction of sp³-hybridized carbons (Fsp3) is 0.240. The molecule has 32 heavy (non-hydrogen) atoms. The SMILES string of the molecule is CC[C@@H](C(=O)N(Cc1ccccc1)Cc1ccccc1)N(c1ccc(F)cc1)S(C)(=O)=O. The largest absolute Gasteiger partial charge is 0.332 e. The topological polar surface area (TPSA) is 57.7 Å². The van der Waals surface area contributed by atoms with Crippen molar-refractivity contribution in [2.45, 2.75) is 32.5 Å². The molecular formula is C25H27FN2O3S. The van der Waals surface area contributed by atoms with E-state index in [0.717, 1.165) is 21.7 Å². The number of nitrogens with zero attached hydrogens (tertiary/aromatic N) is 2. The molecule has 0 aliphatic heterocycles. The number of hydrogen-bond donors (Lipinski definition) is 0. The van der Waals surface area contributed by atoms with E-state index in [2.05, 4.69) is 0 Å². The predicted molar refractivity (Wildman–Crippen MR) is 125 cm³/mol. The van der Waals surface area contributed by atoms with Gasteiger partial charge in [-0.05, 0) is 41.8 Å². The van der Waals surface area contributed by atoms with E-state index >= 15 is 0 Å². The highest BCUT2D eigenvalue weighted by Crippen LogP contribution is 2.25. The number of carbonyl (C=O) groups excluding carboxylic acids is 1. The maximum Gasteiger partial charge on any atom is 0.247 e. The van der Waals surface area contributed by atoms with Gasteiger partial charge in [-0.15, -0.1) is 0 Å². The molecule has 3 aromatic carbocycles. The third kappa shape index (κ3) is 5.95. The third-order valence-corrected chi connectivity index (χ3v) is 6.32. The van der Waals surface area contributed by atoms with Crippen molar-refractivity contribution in [2.24, 2.45) is 0 Å². The molecule has 0 aliphatic rings. The Labute approximate surface area is 189 Å². The van der Waals surface area contributed by atoms with Crippen molar-refractivity contribution in [3.63, 3.8) is 0 Å². The number of carbonyl (C=O) groups is 1. The molecule has 0 heterocycles. The maximum absolute atomic E-state index is 13.8. The van der Waals surface area contributed by atoms with Gasteiger partial charge in [-0.25, -0.2) is 12.8 Å². The molecule has 3 rings (SSSR count). The Morgan fingerprint density at radius 2 is 1.31 bits per heavy atom. The van der Waals surface area contributed by atoms with Gasteiger partial charge >= 0.3 is 0 Å². The Morgan fingerprint density at radius 1 is 0.844 bits per heavy atom. The quantitative estimate of drug-likeness (QED) is 0.475. The number of halogens is 1. The van der Waals surface area contributed by atoms with Gasteiger partial charge in [0.15, 0.2) is 0 Å². The van der Waals surface area contributed by atoms with Crippen LogP contribution in [0.1, 0.15) is 24.5 Å². The minimum absolute atomic E-state index is 0.258. The van der Waals surface area contributed by atoms with E-state index in [0.29, 0.717) is 13.1 Å². The van der Waals surface area contributed by atoms with Gasteiger partial charge in [-0.2, -0.15) is 0 Å². The van der Waals surface area contributed by atoms with Crippen LogP contribution in [0.5, 0.6) is 0 Å². The van der Waals surface area contributed by atoms with Crippen LogP contribution in [-0.2, 0) is 27.9 Å². The van der Waals surface area contributed by atoms with Gasteiger partial charge in [0.2, 0.25) is 15.9 Å². The Hall–Kier alpha value is -3.19. The minimum Gasteiger partial charge on any atom is -0.332 e. The highest BCUT2D eigenvalue weighted by Gasteiger charge is 2.34. The molecule has 1 amide bonds. The lowest BCUT2D eigenvalue weighted by Gasteiger charge is -2.34. The summed E-state index contributed by atoms with van der Waals surface area (Å²) in [6, 6.07) is 23.3.